The smallest absolute Gasteiger partial charge is 0.394 e. The summed E-state index contributed by atoms with van der Waals surface area (Å²) in [6.45, 7) is 1.63. The molecule has 2 aromatic rings. The lowest BCUT2D eigenvalue weighted by Crippen LogP contribution is -2.08. The van der Waals surface area contributed by atoms with Crippen molar-refractivity contribution < 1.29 is 13.2 Å². The molecule has 0 bridgehead atoms. The van der Waals surface area contributed by atoms with Gasteiger partial charge in [-0.05, 0) is 25.1 Å². The van der Waals surface area contributed by atoms with Crippen molar-refractivity contribution in [1.29, 1.82) is 0 Å². The number of anilines is 2. The average Bonchev–Trinajstić information content (AvgIpc) is 2.56. The average molecular weight is 256 g/mol. The molecule has 7 heteroatoms. The number of rotatable bonds is 1. The van der Waals surface area contributed by atoms with Gasteiger partial charge in [0.25, 0.3) is 0 Å². The summed E-state index contributed by atoms with van der Waals surface area (Å²) in [5.41, 5.74) is 11.5. The lowest BCUT2D eigenvalue weighted by atomic mass is 10.2. The SMILES string of the molecule is Cc1nn(-c2cccc(C(F)(F)F)c2)c(N)c1N. The third kappa shape index (κ3) is 1.99. The lowest BCUT2D eigenvalue weighted by Gasteiger charge is -2.09. The van der Waals surface area contributed by atoms with Gasteiger partial charge in [-0.1, -0.05) is 6.07 Å². The first-order chi connectivity index (χ1) is 8.30. The zero-order chi connectivity index (χ0) is 13.5. The topological polar surface area (TPSA) is 69.9 Å². The van der Waals surface area contributed by atoms with E-state index in [1.54, 1.807) is 6.92 Å². The van der Waals surface area contributed by atoms with E-state index >= 15 is 0 Å². The molecule has 1 aromatic carbocycles. The van der Waals surface area contributed by atoms with Crippen molar-refractivity contribution in [2.24, 2.45) is 0 Å². The van der Waals surface area contributed by atoms with E-state index in [1.807, 2.05) is 0 Å². The minimum atomic E-state index is -4.40. The summed E-state index contributed by atoms with van der Waals surface area (Å²) in [6, 6.07) is 4.74. The second-order valence-corrected chi connectivity index (χ2v) is 3.84. The molecule has 0 aliphatic carbocycles. The highest BCUT2D eigenvalue weighted by molar-refractivity contribution is 5.64. The molecule has 0 aliphatic rings. The number of nitrogens with zero attached hydrogens (tertiary/aromatic N) is 2. The molecule has 0 radical (unpaired) electrons. The summed E-state index contributed by atoms with van der Waals surface area (Å²) in [7, 11) is 0. The van der Waals surface area contributed by atoms with Gasteiger partial charge in [0.2, 0.25) is 0 Å². The van der Waals surface area contributed by atoms with E-state index in [2.05, 4.69) is 5.10 Å². The van der Waals surface area contributed by atoms with Gasteiger partial charge in [-0.15, -0.1) is 0 Å². The van der Waals surface area contributed by atoms with Crippen LogP contribution in [0, 0.1) is 6.92 Å². The number of halogens is 3. The Hall–Kier alpha value is -2.18. The van der Waals surface area contributed by atoms with Gasteiger partial charge in [0.15, 0.2) is 5.82 Å². The van der Waals surface area contributed by atoms with Crippen LogP contribution < -0.4 is 11.5 Å². The van der Waals surface area contributed by atoms with Crippen LogP contribution in [0.1, 0.15) is 11.3 Å². The number of alkyl halides is 3. The number of hydrogen-bond acceptors (Lipinski definition) is 3. The zero-order valence-corrected chi connectivity index (χ0v) is 9.49. The Morgan fingerprint density at radius 3 is 2.39 bits per heavy atom. The van der Waals surface area contributed by atoms with Crippen molar-refractivity contribution in [3.8, 4) is 5.69 Å². The van der Waals surface area contributed by atoms with Gasteiger partial charge in [-0.25, -0.2) is 4.68 Å². The molecule has 0 amide bonds. The maximum absolute atomic E-state index is 12.6. The quantitative estimate of drug-likeness (QED) is 0.822. The molecule has 0 aliphatic heterocycles. The molecular weight excluding hydrogens is 245 g/mol. The van der Waals surface area contributed by atoms with Crippen LogP contribution >= 0.6 is 0 Å². The largest absolute Gasteiger partial charge is 0.416 e. The highest BCUT2D eigenvalue weighted by atomic mass is 19.4. The van der Waals surface area contributed by atoms with Crippen LogP contribution in [0.3, 0.4) is 0 Å². The first kappa shape index (κ1) is 12.3. The van der Waals surface area contributed by atoms with Crippen molar-refractivity contribution in [3.05, 3.63) is 35.5 Å². The Bertz CT molecular complexity index is 586. The van der Waals surface area contributed by atoms with Crippen molar-refractivity contribution in [1.82, 2.24) is 9.78 Å². The third-order valence-electron chi connectivity index (χ3n) is 2.56. The number of benzene rings is 1. The highest BCUT2D eigenvalue weighted by Crippen LogP contribution is 2.31. The highest BCUT2D eigenvalue weighted by Gasteiger charge is 2.30. The predicted molar refractivity (Wildman–Crippen MR) is 62.1 cm³/mol. The molecule has 0 atom stereocenters. The predicted octanol–water partition coefficient (Wildman–Crippen LogP) is 2.36. The molecule has 1 aromatic heterocycles. The molecule has 2 rings (SSSR count). The summed E-state index contributed by atoms with van der Waals surface area (Å²) in [5.74, 6) is 0.131. The van der Waals surface area contributed by atoms with Crippen LogP contribution in [0.15, 0.2) is 24.3 Å². The fraction of sp³-hybridized carbons (Fsp3) is 0.182. The van der Waals surface area contributed by atoms with Crippen molar-refractivity contribution in [2.45, 2.75) is 13.1 Å². The molecule has 1 heterocycles. The lowest BCUT2D eigenvalue weighted by molar-refractivity contribution is -0.137. The maximum atomic E-state index is 12.6. The third-order valence-corrected chi connectivity index (χ3v) is 2.56. The van der Waals surface area contributed by atoms with E-state index in [0.29, 0.717) is 5.69 Å². The number of nitrogen functional groups attached to an aromatic ring is 2. The van der Waals surface area contributed by atoms with Gasteiger partial charge in [-0.2, -0.15) is 18.3 Å². The molecule has 0 saturated heterocycles. The Morgan fingerprint density at radius 2 is 1.89 bits per heavy atom. The molecule has 0 fully saturated rings. The van der Waals surface area contributed by atoms with E-state index in [-0.39, 0.29) is 17.2 Å². The van der Waals surface area contributed by atoms with Gasteiger partial charge >= 0.3 is 6.18 Å². The first-order valence-corrected chi connectivity index (χ1v) is 5.09. The fourth-order valence-electron chi connectivity index (χ4n) is 1.57. The van der Waals surface area contributed by atoms with Crippen LogP contribution in [0.5, 0.6) is 0 Å². The van der Waals surface area contributed by atoms with Crippen LogP contribution in [0.2, 0.25) is 0 Å². The van der Waals surface area contributed by atoms with Crippen molar-refractivity contribution >= 4 is 11.5 Å². The van der Waals surface area contributed by atoms with Gasteiger partial charge < -0.3 is 11.5 Å². The molecule has 0 saturated carbocycles. The Balaban J connectivity index is 2.55. The van der Waals surface area contributed by atoms with E-state index in [9.17, 15) is 13.2 Å². The van der Waals surface area contributed by atoms with Crippen LogP contribution in [0.4, 0.5) is 24.7 Å². The van der Waals surface area contributed by atoms with Crippen LogP contribution in [-0.2, 0) is 6.18 Å². The van der Waals surface area contributed by atoms with Gasteiger partial charge in [0.1, 0.15) is 0 Å². The Morgan fingerprint density at radius 1 is 1.22 bits per heavy atom. The van der Waals surface area contributed by atoms with E-state index < -0.39 is 11.7 Å². The second-order valence-electron chi connectivity index (χ2n) is 3.84. The normalized spacial score (nSPS) is 11.8. The summed E-state index contributed by atoms with van der Waals surface area (Å²) in [4.78, 5) is 0. The standard InChI is InChI=1S/C11H11F3N4/c1-6-9(15)10(16)18(17-6)8-4-2-3-7(5-8)11(12,13)14/h2-5H,15-16H2,1H3. The summed E-state index contributed by atoms with van der Waals surface area (Å²) < 4.78 is 38.9. The van der Waals surface area contributed by atoms with E-state index in [4.69, 9.17) is 11.5 Å². The number of aromatic nitrogens is 2. The molecule has 0 spiro atoms. The second kappa shape index (κ2) is 3.94. The minimum Gasteiger partial charge on any atom is -0.394 e. The molecule has 4 nitrogen and oxygen atoms in total. The summed E-state index contributed by atoms with van der Waals surface area (Å²) >= 11 is 0. The Kier molecular flexibility index (Phi) is 2.68. The zero-order valence-electron chi connectivity index (χ0n) is 9.49. The number of hydrogen-bond donors (Lipinski definition) is 2. The van der Waals surface area contributed by atoms with Crippen LogP contribution in [-0.4, -0.2) is 9.78 Å². The van der Waals surface area contributed by atoms with Crippen LogP contribution in [0.25, 0.3) is 5.69 Å². The number of nitrogens with two attached hydrogens (primary N) is 2. The molecule has 96 valence electrons. The van der Waals surface area contributed by atoms with Gasteiger partial charge in [0, 0.05) is 0 Å². The summed E-state index contributed by atoms with van der Waals surface area (Å²) in [6.07, 6.45) is -4.40. The first-order valence-electron chi connectivity index (χ1n) is 5.09. The minimum absolute atomic E-state index is 0.131. The summed E-state index contributed by atoms with van der Waals surface area (Å²) in [5, 5.41) is 4.00. The van der Waals surface area contributed by atoms with E-state index in [1.165, 1.54) is 16.8 Å². The molecule has 18 heavy (non-hydrogen) atoms. The maximum Gasteiger partial charge on any atom is 0.416 e. The van der Waals surface area contributed by atoms with Gasteiger partial charge in [0.05, 0.1) is 22.6 Å². The van der Waals surface area contributed by atoms with Gasteiger partial charge in [-0.3, -0.25) is 0 Å². The molecule has 4 N–H and O–H groups in total. The molecule has 0 unspecified atom stereocenters. The van der Waals surface area contributed by atoms with Crippen molar-refractivity contribution in [3.63, 3.8) is 0 Å². The van der Waals surface area contributed by atoms with Crippen molar-refractivity contribution in [2.75, 3.05) is 11.5 Å². The molecular formula is C11H11F3N4. The monoisotopic (exact) mass is 256 g/mol. The fourth-order valence-corrected chi connectivity index (χ4v) is 1.57. The van der Waals surface area contributed by atoms with E-state index in [0.717, 1.165) is 12.1 Å². The Labute approximate surface area is 101 Å². The number of aryl methyl sites for hydroxylation is 1.